The number of ether oxygens (including phenoxy) is 9. The fourth-order valence-electron chi connectivity index (χ4n) is 6.93. The van der Waals surface area contributed by atoms with Crippen molar-refractivity contribution in [2.75, 3.05) is 74.1 Å². The van der Waals surface area contributed by atoms with E-state index in [1.165, 1.54) is 7.11 Å². The van der Waals surface area contributed by atoms with E-state index in [0.717, 1.165) is 51.1 Å². The van der Waals surface area contributed by atoms with Gasteiger partial charge in [0, 0.05) is 43.5 Å². The number of rotatable bonds is 26. The second kappa shape index (κ2) is 24.7. The summed E-state index contributed by atoms with van der Waals surface area (Å²) < 4.78 is 52.4. The normalized spacial score (nSPS) is 16.9. The molecule has 4 atom stereocenters. The van der Waals surface area contributed by atoms with Crippen molar-refractivity contribution in [1.82, 2.24) is 5.32 Å². The van der Waals surface area contributed by atoms with Gasteiger partial charge in [0.1, 0.15) is 17.2 Å². The molecule has 1 saturated heterocycles. The molecular weight excluding hydrogens is 764 g/mol. The molecule has 1 aliphatic rings. The summed E-state index contributed by atoms with van der Waals surface area (Å²) in [6, 6.07) is 28.0. The van der Waals surface area contributed by atoms with Crippen molar-refractivity contribution in [1.29, 1.82) is 0 Å². The van der Waals surface area contributed by atoms with Crippen molar-refractivity contribution in [3.05, 3.63) is 112 Å². The van der Waals surface area contributed by atoms with E-state index in [1.54, 1.807) is 14.2 Å². The highest BCUT2D eigenvalue weighted by molar-refractivity contribution is 5.89. The van der Waals surface area contributed by atoms with Crippen LogP contribution in [0.4, 0.5) is 4.79 Å². The lowest BCUT2D eigenvalue weighted by Gasteiger charge is -2.39. The largest absolute Gasteiger partial charge is 0.508 e. The summed E-state index contributed by atoms with van der Waals surface area (Å²) in [6.45, 7) is 3.22. The number of carbonyl (C=O) groups excluding carboxylic acids is 1. The van der Waals surface area contributed by atoms with Crippen LogP contribution in [0.15, 0.2) is 84.9 Å². The quantitative estimate of drug-likeness (QED) is 0.0297. The average molecular weight is 821 g/mol. The molecule has 0 aliphatic carbocycles. The Bertz CT molecular complexity index is 1860. The summed E-state index contributed by atoms with van der Waals surface area (Å²) in [5.74, 6) is 2.14. The van der Waals surface area contributed by atoms with Crippen LogP contribution < -0.4 is 19.5 Å². The molecule has 0 spiro atoms. The van der Waals surface area contributed by atoms with E-state index < -0.39 is 17.3 Å². The molecule has 1 heterocycles. The molecule has 0 aromatic heterocycles. The fourth-order valence-corrected chi connectivity index (χ4v) is 6.93. The number of benzene rings is 4. The monoisotopic (exact) mass is 820 g/mol. The lowest BCUT2D eigenvalue weighted by atomic mass is 9.85. The van der Waals surface area contributed by atoms with Gasteiger partial charge in [-0.1, -0.05) is 54.6 Å². The van der Waals surface area contributed by atoms with Crippen molar-refractivity contribution >= 4 is 16.9 Å². The number of hydrogen-bond donors (Lipinski definition) is 1. The van der Waals surface area contributed by atoms with Crippen molar-refractivity contribution in [3.8, 4) is 17.2 Å². The molecule has 0 bridgehead atoms. The maximum absolute atomic E-state index is 12.5. The highest BCUT2D eigenvalue weighted by Crippen LogP contribution is 2.33. The minimum atomic E-state index is -0.846. The van der Waals surface area contributed by atoms with Crippen LogP contribution in [0.5, 0.6) is 17.2 Å². The summed E-state index contributed by atoms with van der Waals surface area (Å²) in [5.41, 5.74) is 2.99. The second-order valence-electron chi connectivity index (χ2n) is 14.0. The molecule has 1 N–H and O–H groups in total. The van der Waals surface area contributed by atoms with Crippen molar-refractivity contribution in [3.63, 3.8) is 0 Å². The van der Waals surface area contributed by atoms with Crippen LogP contribution in [0.2, 0.25) is 0 Å². The second-order valence-corrected chi connectivity index (χ2v) is 14.0. The van der Waals surface area contributed by atoms with E-state index in [0.29, 0.717) is 58.8 Å². The summed E-state index contributed by atoms with van der Waals surface area (Å²) in [6.07, 6.45) is 0.0719. The van der Waals surface area contributed by atoms with Gasteiger partial charge < -0.3 is 52.8 Å². The third-order valence-electron chi connectivity index (χ3n) is 9.79. The van der Waals surface area contributed by atoms with E-state index in [2.05, 4.69) is 22.3 Å². The molecule has 0 radical (unpaired) electrons. The number of hydrogen-bond acceptors (Lipinski definition) is 14. The van der Waals surface area contributed by atoms with Crippen LogP contribution in [-0.4, -0.2) is 104 Å². The minimum absolute atomic E-state index is 0.00761. The first-order valence-electron chi connectivity index (χ1n) is 19.9. The molecule has 4 aromatic carbocycles. The molecule has 320 valence electrons. The number of carbonyl (C=O) groups is 1. The average Bonchev–Trinajstić information content (AvgIpc) is 3.25. The molecular formula is C44H56N2O13. The topological polar surface area (TPSA) is 165 Å². The van der Waals surface area contributed by atoms with Crippen LogP contribution >= 0.6 is 0 Å². The Morgan fingerprint density at radius 3 is 2.31 bits per heavy atom. The van der Waals surface area contributed by atoms with Crippen LogP contribution in [0.25, 0.3) is 10.8 Å². The van der Waals surface area contributed by atoms with Crippen LogP contribution in [0.1, 0.15) is 48.3 Å². The highest BCUT2D eigenvalue weighted by atomic mass is 16.9. The minimum Gasteiger partial charge on any atom is -0.496 e. The molecule has 1 fully saturated rings. The Kier molecular flexibility index (Phi) is 18.8. The zero-order valence-corrected chi connectivity index (χ0v) is 34.0. The van der Waals surface area contributed by atoms with Gasteiger partial charge in [0.05, 0.1) is 79.3 Å². The van der Waals surface area contributed by atoms with Crippen molar-refractivity contribution < 1.29 is 57.4 Å². The molecule has 15 nitrogen and oxygen atoms in total. The SMILES string of the molecule is COCC(COC1CNCC(OCc2cc(OC)c3ccccc3c2)C1c1ccc(OCCCOCc2ccccc2OC)cc1)OC(=O)OCCCCCO[N+](=O)[O-]. The van der Waals surface area contributed by atoms with Gasteiger partial charge >= 0.3 is 6.16 Å². The van der Waals surface area contributed by atoms with Gasteiger partial charge in [0.2, 0.25) is 0 Å². The van der Waals surface area contributed by atoms with Gasteiger partial charge in [-0.15, -0.1) is 10.1 Å². The third-order valence-corrected chi connectivity index (χ3v) is 9.79. The first-order valence-corrected chi connectivity index (χ1v) is 19.9. The Hall–Kier alpha value is -5.19. The summed E-state index contributed by atoms with van der Waals surface area (Å²) >= 11 is 0. The predicted molar refractivity (Wildman–Crippen MR) is 219 cm³/mol. The zero-order valence-electron chi connectivity index (χ0n) is 34.0. The first-order chi connectivity index (χ1) is 28.9. The highest BCUT2D eigenvalue weighted by Gasteiger charge is 2.37. The number of methoxy groups -OCH3 is 3. The van der Waals surface area contributed by atoms with Gasteiger partial charge in [-0.3, -0.25) is 0 Å². The van der Waals surface area contributed by atoms with E-state index in [1.807, 2.05) is 72.8 Å². The molecule has 4 aromatic rings. The molecule has 0 saturated carbocycles. The maximum Gasteiger partial charge on any atom is 0.508 e. The van der Waals surface area contributed by atoms with Gasteiger partial charge in [0.25, 0.3) is 5.09 Å². The van der Waals surface area contributed by atoms with Crippen molar-refractivity contribution in [2.45, 2.75) is 63.1 Å². The number of nitrogens with one attached hydrogen (secondary N) is 1. The van der Waals surface area contributed by atoms with Gasteiger partial charge in [0.15, 0.2) is 6.10 Å². The van der Waals surface area contributed by atoms with Gasteiger partial charge in [-0.25, -0.2) is 4.79 Å². The molecule has 5 rings (SSSR count). The van der Waals surface area contributed by atoms with E-state index in [9.17, 15) is 14.9 Å². The third kappa shape index (κ3) is 14.5. The molecule has 0 amide bonds. The lowest BCUT2D eigenvalue weighted by molar-refractivity contribution is -0.757. The summed E-state index contributed by atoms with van der Waals surface area (Å²) in [4.78, 5) is 27.2. The number of piperidine rings is 1. The van der Waals surface area contributed by atoms with Crippen LogP contribution in [-0.2, 0) is 46.5 Å². The number of para-hydroxylation sites is 1. The van der Waals surface area contributed by atoms with Gasteiger partial charge in [-0.2, -0.15) is 0 Å². The molecule has 1 aliphatic heterocycles. The summed E-state index contributed by atoms with van der Waals surface area (Å²) in [5, 5.41) is 15.0. The van der Waals surface area contributed by atoms with Crippen LogP contribution in [0, 0.1) is 10.1 Å². The number of unbranched alkanes of at least 4 members (excludes halogenated alkanes) is 2. The smallest absolute Gasteiger partial charge is 0.496 e. The summed E-state index contributed by atoms with van der Waals surface area (Å²) in [7, 11) is 4.84. The van der Waals surface area contributed by atoms with E-state index in [-0.39, 0.29) is 44.6 Å². The van der Waals surface area contributed by atoms with Gasteiger partial charge in [-0.05, 0) is 66.1 Å². The lowest BCUT2D eigenvalue weighted by Crippen LogP contribution is -2.51. The predicted octanol–water partition coefficient (Wildman–Crippen LogP) is 7.05. The standard InChI is InChI=1S/C44H56N2O13/c1-50-30-37(59-44(47)55-21-9-4-10-23-58-46(48)49)31-57-42-27-45-26-41(56-28-32-24-34-12-5-7-14-38(34)40(25-32)52-3)43(42)33-16-18-36(19-17-33)54-22-11-20-53-29-35-13-6-8-15-39(35)51-2/h5-8,12-19,24-25,37,41-43,45H,4,9-11,20-23,26-31H2,1-3H3. The number of nitrogens with zero attached hydrogens (tertiary/aromatic N) is 1. The first kappa shape index (κ1) is 44.9. The molecule has 59 heavy (non-hydrogen) atoms. The fraction of sp³-hybridized carbons (Fsp3) is 0.477. The Morgan fingerprint density at radius 2 is 1.53 bits per heavy atom. The van der Waals surface area contributed by atoms with E-state index >= 15 is 0 Å². The maximum atomic E-state index is 12.5. The van der Waals surface area contributed by atoms with E-state index in [4.69, 9.17) is 42.6 Å². The van der Waals surface area contributed by atoms with Crippen LogP contribution in [0.3, 0.4) is 0 Å². The molecule has 15 heteroatoms. The zero-order chi connectivity index (χ0) is 41.7. The Balaban J connectivity index is 1.20. The Morgan fingerprint density at radius 1 is 0.780 bits per heavy atom. The Labute approximate surface area is 345 Å². The molecule has 4 unspecified atom stereocenters. The number of fused-ring (bicyclic) bond motifs is 1. The van der Waals surface area contributed by atoms with Crippen molar-refractivity contribution in [2.24, 2.45) is 0 Å².